The van der Waals surface area contributed by atoms with Crippen LogP contribution in [0.25, 0.3) is 0 Å². The highest BCUT2D eigenvalue weighted by Gasteiger charge is 2.26. The fraction of sp³-hybridized carbons (Fsp3) is 0.476. The van der Waals surface area contributed by atoms with E-state index in [2.05, 4.69) is 0 Å². The van der Waals surface area contributed by atoms with E-state index in [4.69, 9.17) is 14.2 Å². The third kappa shape index (κ3) is 7.95. The van der Waals surface area contributed by atoms with Crippen LogP contribution in [0.15, 0.2) is 54.1 Å². The lowest BCUT2D eigenvalue weighted by molar-refractivity contribution is -0.137. The van der Waals surface area contributed by atoms with Crippen LogP contribution in [0.2, 0.25) is 0 Å². The van der Waals surface area contributed by atoms with E-state index >= 15 is 0 Å². The summed E-state index contributed by atoms with van der Waals surface area (Å²) in [7, 11) is 1.57. The molecule has 0 heterocycles. The number of carbonyl (C=O) groups is 1. The van der Waals surface area contributed by atoms with Crippen molar-refractivity contribution in [1.82, 2.24) is 0 Å². The highest BCUT2D eigenvalue weighted by Crippen LogP contribution is 2.29. The first-order chi connectivity index (χ1) is 12.5. The van der Waals surface area contributed by atoms with E-state index in [1.165, 1.54) is 6.08 Å². The number of hydrogen-bond donors (Lipinski definition) is 1. The van der Waals surface area contributed by atoms with Crippen LogP contribution >= 0.6 is 0 Å². The average Bonchev–Trinajstić information content (AvgIpc) is 2.65. The van der Waals surface area contributed by atoms with Crippen LogP contribution in [0.5, 0.6) is 0 Å². The summed E-state index contributed by atoms with van der Waals surface area (Å²) in [5.41, 5.74) is 1.89. The molecule has 0 spiro atoms. The minimum absolute atomic E-state index is 0.134. The number of hydrogen-bond acceptors (Lipinski definition) is 5. The number of carbonyl (C=O) groups excluding carboxylic acids is 1. The molecule has 0 aliphatic carbocycles. The fourth-order valence-electron chi connectivity index (χ4n) is 2.52. The predicted molar refractivity (Wildman–Crippen MR) is 101 cm³/mol. The maximum Gasteiger partial charge on any atom is 0.330 e. The summed E-state index contributed by atoms with van der Waals surface area (Å²) in [5.74, 6) is -0.503. The van der Waals surface area contributed by atoms with Gasteiger partial charge in [-0.15, -0.1) is 0 Å². The van der Waals surface area contributed by atoms with E-state index in [1.54, 1.807) is 20.1 Å². The highest BCUT2D eigenvalue weighted by atomic mass is 16.7. The number of benzene rings is 1. The number of rotatable bonds is 11. The molecule has 1 N–H and O–H groups in total. The third-order valence-electron chi connectivity index (χ3n) is 4.03. The molecule has 1 aromatic carbocycles. The third-order valence-corrected chi connectivity index (χ3v) is 4.03. The first-order valence-corrected chi connectivity index (χ1v) is 8.84. The van der Waals surface area contributed by atoms with Crippen molar-refractivity contribution >= 4 is 5.97 Å². The number of ether oxygens (including phenoxy) is 3. The van der Waals surface area contributed by atoms with E-state index in [1.807, 2.05) is 50.3 Å². The molecule has 0 aliphatic heterocycles. The number of aliphatic hydroxyl groups excluding tert-OH is 1. The predicted octanol–water partition coefficient (Wildman–Crippen LogP) is 3.80. The molecule has 0 aliphatic rings. The Hall–Kier alpha value is -1.95. The Kier molecular flexibility index (Phi) is 10.5. The van der Waals surface area contributed by atoms with Gasteiger partial charge in [-0.2, -0.15) is 0 Å². The van der Waals surface area contributed by atoms with E-state index < -0.39 is 6.10 Å². The first kappa shape index (κ1) is 22.1. The normalized spacial score (nSPS) is 15.7. The Morgan fingerprint density at radius 1 is 1.23 bits per heavy atom. The molecule has 1 unspecified atom stereocenters. The lowest BCUT2D eigenvalue weighted by Crippen LogP contribution is -2.26. The van der Waals surface area contributed by atoms with Crippen LogP contribution in [-0.4, -0.2) is 37.7 Å². The zero-order chi connectivity index (χ0) is 19.4. The minimum atomic E-state index is -0.594. The summed E-state index contributed by atoms with van der Waals surface area (Å²) in [6.45, 7) is 6.11. The molecule has 5 heteroatoms. The fourth-order valence-corrected chi connectivity index (χ4v) is 2.52. The van der Waals surface area contributed by atoms with Crippen LogP contribution in [0.4, 0.5) is 0 Å². The summed E-state index contributed by atoms with van der Waals surface area (Å²) >= 11 is 0. The van der Waals surface area contributed by atoms with E-state index in [-0.39, 0.29) is 24.8 Å². The number of esters is 1. The Labute approximate surface area is 156 Å². The van der Waals surface area contributed by atoms with Crippen molar-refractivity contribution in [1.29, 1.82) is 0 Å². The van der Waals surface area contributed by atoms with Crippen molar-refractivity contribution in [3.05, 3.63) is 59.7 Å². The molecule has 0 fully saturated rings. The molecule has 0 saturated heterocycles. The number of aliphatic hydroxyl groups is 1. The lowest BCUT2D eigenvalue weighted by atomic mass is 9.90. The summed E-state index contributed by atoms with van der Waals surface area (Å²) in [5, 5.41) is 10.6. The van der Waals surface area contributed by atoms with Crippen LogP contribution in [0.1, 0.15) is 38.9 Å². The maximum absolute atomic E-state index is 11.3. The second kappa shape index (κ2) is 12.4. The van der Waals surface area contributed by atoms with Gasteiger partial charge >= 0.3 is 5.97 Å². The topological polar surface area (TPSA) is 65.0 Å². The zero-order valence-corrected chi connectivity index (χ0v) is 16.1. The summed E-state index contributed by atoms with van der Waals surface area (Å²) in [6, 6.07) is 9.79. The van der Waals surface area contributed by atoms with Gasteiger partial charge in [0.05, 0.1) is 18.8 Å². The van der Waals surface area contributed by atoms with Gasteiger partial charge in [0.15, 0.2) is 0 Å². The molecule has 0 radical (unpaired) electrons. The molecule has 1 aromatic rings. The van der Waals surface area contributed by atoms with Crippen molar-refractivity contribution in [2.24, 2.45) is 5.92 Å². The smallest absolute Gasteiger partial charge is 0.330 e. The van der Waals surface area contributed by atoms with Crippen molar-refractivity contribution < 1.29 is 24.1 Å². The van der Waals surface area contributed by atoms with Gasteiger partial charge in [0.2, 0.25) is 0 Å². The molecule has 1 rings (SSSR count). The van der Waals surface area contributed by atoms with Crippen molar-refractivity contribution in [2.75, 3.05) is 20.5 Å². The monoisotopic (exact) mass is 362 g/mol. The number of methoxy groups -OCH3 is 1. The Morgan fingerprint density at radius 2 is 1.92 bits per heavy atom. The molecule has 0 amide bonds. The van der Waals surface area contributed by atoms with Gasteiger partial charge in [-0.1, -0.05) is 55.0 Å². The molecule has 5 nitrogen and oxygen atoms in total. The number of allylic oxidation sites excluding steroid dienone is 2. The van der Waals surface area contributed by atoms with Crippen LogP contribution in [-0.2, 0) is 19.0 Å². The first-order valence-electron chi connectivity index (χ1n) is 8.84. The SMILES string of the molecule is CCOC(=O)/C=C/C(C)=C/CC(O)[C@H](C)[C@H](OCOC)c1ccccc1. The molecule has 144 valence electrons. The summed E-state index contributed by atoms with van der Waals surface area (Å²) in [4.78, 5) is 11.3. The van der Waals surface area contributed by atoms with Crippen molar-refractivity contribution in [3.63, 3.8) is 0 Å². The van der Waals surface area contributed by atoms with Gasteiger partial charge in [-0.25, -0.2) is 4.79 Å². The molecular weight excluding hydrogens is 332 g/mol. The van der Waals surface area contributed by atoms with E-state index in [0.717, 1.165) is 11.1 Å². The standard InChI is InChI=1S/C21H30O5/c1-5-25-20(23)14-12-16(2)11-13-19(22)17(3)21(26-15-24-4)18-9-7-6-8-10-18/h6-12,14,17,19,21-22H,5,13,15H2,1-4H3/b14-12+,16-11+/t17-,19?,21-/m0/s1. The highest BCUT2D eigenvalue weighted by molar-refractivity contribution is 5.82. The lowest BCUT2D eigenvalue weighted by Gasteiger charge is -2.28. The molecular formula is C21H30O5. The molecule has 3 atom stereocenters. The van der Waals surface area contributed by atoms with Gasteiger partial charge in [-0.3, -0.25) is 0 Å². The second-order valence-electron chi connectivity index (χ2n) is 6.10. The summed E-state index contributed by atoms with van der Waals surface area (Å²) < 4.78 is 15.7. The molecule has 0 bridgehead atoms. The van der Waals surface area contributed by atoms with Gasteiger partial charge in [0, 0.05) is 19.1 Å². The van der Waals surface area contributed by atoms with Crippen molar-refractivity contribution in [2.45, 2.75) is 39.4 Å². The molecule has 26 heavy (non-hydrogen) atoms. The quantitative estimate of drug-likeness (QED) is 0.281. The van der Waals surface area contributed by atoms with Crippen LogP contribution < -0.4 is 0 Å². The van der Waals surface area contributed by atoms with Crippen LogP contribution in [0.3, 0.4) is 0 Å². The largest absolute Gasteiger partial charge is 0.463 e. The summed E-state index contributed by atoms with van der Waals surface area (Å²) in [6.07, 6.45) is 4.57. The Bertz CT molecular complexity index is 579. The van der Waals surface area contributed by atoms with Gasteiger partial charge in [0.25, 0.3) is 0 Å². The Morgan fingerprint density at radius 3 is 2.54 bits per heavy atom. The molecule has 0 aromatic heterocycles. The maximum atomic E-state index is 11.3. The Balaban J connectivity index is 2.71. The van der Waals surface area contributed by atoms with Crippen molar-refractivity contribution in [3.8, 4) is 0 Å². The van der Waals surface area contributed by atoms with E-state index in [9.17, 15) is 9.90 Å². The van der Waals surface area contributed by atoms with E-state index in [0.29, 0.717) is 13.0 Å². The van der Waals surface area contributed by atoms with Gasteiger partial charge in [-0.05, 0) is 25.8 Å². The zero-order valence-electron chi connectivity index (χ0n) is 16.1. The van der Waals surface area contributed by atoms with Gasteiger partial charge < -0.3 is 19.3 Å². The second-order valence-corrected chi connectivity index (χ2v) is 6.10. The minimum Gasteiger partial charge on any atom is -0.463 e. The average molecular weight is 362 g/mol. The van der Waals surface area contributed by atoms with Crippen LogP contribution in [0, 0.1) is 5.92 Å². The molecule has 0 saturated carbocycles. The van der Waals surface area contributed by atoms with Gasteiger partial charge in [0.1, 0.15) is 6.79 Å².